The fourth-order valence-corrected chi connectivity index (χ4v) is 2.28. The molecule has 6 nitrogen and oxygen atoms in total. The molecule has 0 unspecified atom stereocenters. The van der Waals surface area contributed by atoms with E-state index in [-0.39, 0.29) is 17.0 Å². The molecule has 2 rings (SSSR count). The van der Waals surface area contributed by atoms with E-state index >= 15 is 0 Å². The average molecular weight is 412 g/mol. The molecule has 2 aromatic rings. The second kappa shape index (κ2) is 8.48. The third-order valence-corrected chi connectivity index (χ3v) is 3.65. The third-order valence-electron chi connectivity index (χ3n) is 3.16. The largest absolute Gasteiger partial charge is 0.497 e. The molecule has 1 N–H and O–H groups in total. The molecule has 0 aliphatic carbocycles. The van der Waals surface area contributed by atoms with Crippen LogP contribution < -0.4 is 14.8 Å². The minimum atomic E-state index is -0.614. The van der Waals surface area contributed by atoms with E-state index < -0.39 is 24.3 Å². The van der Waals surface area contributed by atoms with Crippen LogP contribution >= 0.6 is 15.9 Å². The minimum absolute atomic E-state index is 0.0237. The first-order valence-electron chi connectivity index (χ1n) is 7.08. The molecule has 0 fully saturated rings. The summed E-state index contributed by atoms with van der Waals surface area (Å²) in [6, 6.07) is 8.73. The number of carbonyl (C=O) groups excluding carboxylic acids is 2. The van der Waals surface area contributed by atoms with Crippen molar-refractivity contribution < 1.29 is 28.2 Å². The van der Waals surface area contributed by atoms with Gasteiger partial charge in [0.25, 0.3) is 5.91 Å². The molecule has 0 spiro atoms. The van der Waals surface area contributed by atoms with Crippen molar-refractivity contribution in [2.24, 2.45) is 0 Å². The molecule has 0 heterocycles. The SMILES string of the molecule is COC(=O)c1ccc(OC)cc1OCC(=O)Nc1ccc(Br)cc1F. The first kappa shape index (κ1) is 18.7. The number of methoxy groups -OCH3 is 2. The number of amides is 1. The zero-order valence-electron chi connectivity index (χ0n) is 13.5. The maximum atomic E-state index is 13.7. The van der Waals surface area contributed by atoms with E-state index in [4.69, 9.17) is 9.47 Å². The van der Waals surface area contributed by atoms with E-state index in [2.05, 4.69) is 26.0 Å². The van der Waals surface area contributed by atoms with Gasteiger partial charge in [-0.15, -0.1) is 0 Å². The van der Waals surface area contributed by atoms with Gasteiger partial charge in [0.15, 0.2) is 6.61 Å². The van der Waals surface area contributed by atoms with E-state index in [9.17, 15) is 14.0 Å². The van der Waals surface area contributed by atoms with Gasteiger partial charge in [0.1, 0.15) is 22.9 Å². The number of nitrogens with one attached hydrogen (secondary N) is 1. The zero-order chi connectivity index (χ0) is 18.4. The molecule has 0 aliphatic heterocycles. The van der Waals surface area contributed by atoms with E-state index in [1.807, 2.05) is 0 Å². The molecule has 0 radical (unpaired) electrons. The number of halogens is 2. The fraction of sp³-hybridized carbons (Fsp3) is 0.176. The number of hydrogen-bond acceptors (Lipinski definition) is 5. The third kappa shape index (κ3) is 4.93. The van der Waals surface area contributed by atoms with Crippen LogP contribution in [0.5, 0.6) is 11.5 Å². The topological polar surface area (TPSA) is 73.9 Å². The lowest BCUT2D eigenvalue weighted by atomic mass is 10.2. The van der Waals surface area contributed by atoms with Gasteiger partial charge >= 0.3 is 5.97 Å². The van der Waals surface area contributed by atoms with E-state index in [1.165, 1.54) is 38.5 Å². The van der Waals surface area contributed by atoms with Gasteiger partial charge in [-0.1, -0.05) is 15.9 Å². The van der Waals surface area contributed by atoms with Crippen LogP contribution in [-0.2, 0) is 9.53 Å². The molecule has 25 heavy (non-hydrogen) atoms. The summed E-state index contributed by atoms with van der Waals surface area (Å²) in [5.74, 6) is -1.21. The van der Waals surface area contributed by atoms with Crippen molar-refractivity contribution in [3.05, 3.63) is 52.3 Å². The quantitative estimate of drug-likeness (QED) is 0.737. The second-order valence-corrected chi connectivity index (χ2v) is 5.73. The first-order valence-corrected chi connectivity index (χ1v) is 7.88. The Kier molecular flexibility index (Phi) is 6.35. The highest BCUT2D eigenvalue weighted by atomic mass is 79.9. The van der Waals surface area contributed by atoms with Crippen molar-refractivity contribution in [1.82, 2.24) is 0 Å². The highest BCUT2D eigenvalue weighted by Gasteiger charge is 2.16. The molecule has 0 aromatic heterocycles. The number of ether oxygens (including phenoxy) is 3. The van der Waals surface area contributed by atoms with Crippen molar-refractivity contribution in [2.75, 3.05) is 26.1 Å². The van der Waals surface area contributed by atoms with Gasteiger partial charge in [-0.05, 0) is 30.3 Å². The van der Waals surface area contributed by atoms with Crippen LogP contribution in [-0.4, -0.2) is 32.7 Å². The average Bonchev–Trinajstić information content (AvgIpc) is 2.61. The number of hydrogen-bond donors (Lipinski definition) is 1. The molecule has 0 atom stereocenters. The normalized spacial score (nSPS) is 10.1. The molecule has 8 heteroatoms. The monoisotopic (exact) mass is 411 g/mol. The van der Waals surface area contributed by atoms with Gasteiger partial charge in [0.2, 0.25) is 0 Å². The molecular weight excluding hydrogens is 397 g/mol. The van der Waals surface area contributed by atoms with E-state index in [0.717, 1.165) is 0 Å². The van der Waals surface area contributed by atoms with Gasteiger partial charge < -0.3 is 19.5 Å². The predicted molar refractivity (Wildman–Crippen MR) is 92.6 cm³/mol. The lowest BCUT2D eigenvalue weighted by molar-refractivity contribution is -0.118. The summed E-state index contributed by atoms with van der Waals surface area (Å²) in [6.07, 6.45) is 0. The standard InChI is InChI=1S/C17H15BrFNO5/c1-23-11-4-5-12(17(22)24-2)15(8-11)25-9-16(21)20-14-6-3-10(18)7-13(14)19/h3-8H,9H2,1-2H3,(H,20,21). The zero-order valence-corrected chi connectivity index (χ0v) is 15.1. The van der Waals surface area contributed by atoms with Crippen LogP contribution in [0.4, 0.5) is 10.1 Å². The Morgan fingerprint density at radius 3 is 2.56 bits per heavy atom. The van der Waals surface area contributed by atoms with Crippen molar-refractivity contribution in [3.63, 3.8) is 0 Å². The van der Waals surface area contributed by atoms with Crippen LogP contribution in [0.2, 0.25) is 0 Å². The van der Waals surface area contributed by atoms with Gasteiger partial charge in [-0.3, -0.25) is 4.79 Å². The number of esters is 1. The van der Waals surface area contributed by atoms with Crippen LogP contribution in [0.1, 0.15) is 10.4 Å². The van der Waals surface area contributed by atoms with E-state index in [1.54, 1.807) is 12.1 Å². The Hall–Kier alpha value is -2.61. The summed E-state index contributed by atoms with van der Waals surface area (Å²) < 4.78 is 29.4. The Bertz CT molecular complexity index is 797. The smallest absolute Gasteiger partial charge is 0.341 e. The van der Waals surface area contributed by atoms with Crippen LogP contribution in [0, 0.1) is 5.82 Å². The summed E-state index contributed by atoms with van der Waals surface area (Å²) >= 11 is 3.13. The highest BCUT2D eigenvalue weighted by Crippen LogP contribution is 2.26. The number of benzene rings is 2. The van der Waals surface area contributed by atoms with Crippen molar-refractivity contribution >= 4 is 33.5 Å². The maximum absolute atomic E-state index is 13.7. The van der Waals surface area contributed by atoms with Gasteiger partial charge in [0.05, 0.1) is 19.9 Å². The molecule has 0 aliphatic rings. The molecule has 0 bridgehead atoms. The van der Waals surface area contributed by atoms with Crippen molar-refractivity contribution in [1.29, 1.82) is 0 Å². The van der Waals surface area contributed by atoms with Gasteiger partial charge in [-0.25, -0.2) is 9.18 Å². The molecular formula is C17H15BrFNO5. The summed E-state index contributed by atoms with van der Waals surface area (Å²) in [6.45, 7) is -0.424. The lowest BCUT2D eigenvalue weighted by Crippen LogP contribution is -2.21. The fourth-order valence-electron chi connectivity index (χ4n) is 1.95. The Morgan fingerprint density at radius 1 is 1.16 bits per heavy atom. The van der Waals surface area contributed by atoms with Crippen molar-refractivity contribution in [3.8, 4) is 11.5 Å². The number of carbonyl (C=O) groups is 2. The highest BCUT2D eigenvalue weighted by molar-refractivity contribution is 9.10. The second-order valence-electron chi connectivity index (χ2n) is 4.81. The van der Waals surface area contributed by atoms with Crippen LogP contribution in [0.3, 0.4) is 0 Å². The summed E-state index contributed by atoms with van der Waals surface area (Å²) in [5.41, 5.74) is 0.168. The molecule has 132 valence electrons. The lowest BCUT2D eigenvalue weighted by Gasteiger charge is -2.12. The number of anilines is 1. The predicted octanol–water partition coefficient (Wildman–Crippen LogP) is 3.40. The Labute approximate surface area is 152 Å². The number of rotatable bonds is 6. The van der Waals surface area contributed by atoms with Crippen LogP contribution in [0.15, 0.2) is 40.9 Å². The van der Waals surface area contributed by atoms with E-state index in [0.29, 0.717) is 10.2 Å². The Balaban J connectivity index is 2.09. The summed E-state index contributed by atoms with van der Waals surface area (Å²) in [5, 5.41) is 2.39. The van der Waals surface area contributed by atoms with Gasteiger partial charge in [-0.2, -0.15) is 0 Å². The molecule has 1 amide bonds. The van der Waals surface area contributed by atoms with Gasteiger partial charge in [0, 0.05) is 10.5 Å². The Morgan fingerprint density at radius 2 is 1.92 bits per heavy atom. The first-order chi connectivity index (χ1) is 11.9. The summed E-state index contributed by atoms with van der Waals surface area (Å²) in [4.78, 5) is 23.7. The van der Waals surface area contributed by atoms with Crippen LogP contribution in [0.25, 0.3) is 0 Å². The maximum Gasteiger partial charge on any atom is 0.341 e. The molecule has 2 aromatic carbocycles. The van der Waals surface area contributed by atoms with Crippen molar-refractivity contribution in [2.45, 2.75) is 0 Å². The molecule has 0 saturated carbocycles. The molecule has 0 saturated heterocycles. The summed E-state index contributed by atoms with van der Waals surface area (Å²) in [7, 11) is 2.69. The minimum Gasteiger partial charge on any atom is -0.497 e.